The number of carbonyl (C=O) groups excluding carboxylic acids is 2. The lowest BCUT2D eigenvalue weighted by molar-refractivity contribution is -0.384. The number of benzene rings is 2. The number of hydrogen-bond acceptors (Lipinski definition) is 7. The Kier molecular flexibility index (Phi) is 7.68. The number of rotatable bonds is 7. The summed E-state index contributed by atoms with van der Waals surface area (Å²) in [5, 5.41) is 14.9. The molecule has 0 bridgehead atoms. The molecule has 2 heterocycles. The van der Waals surface area contributed by atoms with Gasteiger partial charge < -0.3 is 24.3 Å². The zero-order valence-electron chi connectivity index (χ0n) is 20.7. The van der Waals surface area contributed by atoms with E-state index in [1.54, 1.807) is 24.3 Å². The van der Waals surface area contributed by atoms with Gasteiger partial charge in [-0.25, -0.2) is 0 Å². The SMILES string of the molecule is COc1ccc(-c2ccc(C(=O)Nc3cccc(Cl)c3N3CCN(C(=O)C(C)C)CC3)o2)c([N+](=O)[O-])c1. The molecule has 3 aromatic rings. The van der Waals surface area contributed by atoms with Crippen molar-refractivity contribution in [1.29, 1.82) is 0 Å². The lowest BCUT2D eigenvalue weighted by Gasteiger charge is -2.38. The van der Waals surface area contributed by atoms with Gasteiger partial charge in [0.15, 0.2) is 5.76 Å². The number of hydrogen-bond donors (Lipinski definition) is 1. The number of amides is 2. The first-order valence-electron chi connectivity index (χ1n) is 11.8. The maximum Gasteiger partial charge on any atom is 0.291 e. The third-order valence-corrected chi connectivity index (χ3v) is 6.44. The van der Waals surface area contributed by atoms with Gasteiger partial charge in [-0.2, -0.15) is 0 Å². The average Bonchev–Trinajstić information content (AvgIpc) is 3.38. The minimum Gasteiger partial charge on any atom is -0.497 e. The molecule has 1 aromatic heterocycles. The molecule has 1 aliphatic rings. The molecule has 0 aliphatic carbocycles. The van der Waals surface area contributed by atoms with E-state index in [9.17, 15) is 19.7 Å². The Morgan fingerprint density at radius 2 is 1.84 bits per heavy atom. The summed E-state index contributed by atoms with van der Waals surface area (Å²) in [5.74, 6) is 0.00914. The van der Waals surface area contributed by atoms with Crippen molar-refractivity contribution in [2.45, 2.75) is 13.8 Å². The molecule has 2 amide bonds. The van der Waals surface area contributed by atoms with Gasteiger partial charge in [0.2, 0.25) is 5.91 Å². The van der Waals surface area contributed by atoms with Crippen LogP contribution in [0.3, 0.4) is 0 Å². The zero-order chi connectivity index (χ0) is 26.7. The van der Waals surface area contributed by atoms with Crippen LogP contribution in [0.25, 0.3) is 11.3 Å². The highest BCUT2D eigenvalue weighted by molar-refractivity contribution is 6.34. The van der Waals surface area contributed by atoms with Crippen molar-refractivity contribution in [3.63, 3.8) is 0 Å². The Balaban J connectivity index is 1.54. The van der Waals surface area contributed by atoms with E-state index in [2.05, 4.69) is 5.32 Å². The van der Waals surface area contributed by atoms with Gasteiger partial charge in [-0.3, -0.25) is 19.7 Å². The lowest BCUT2D eigenvalue weighted by Crippen LogP contribution is -2.50. The normalized spacial score (nSPS) is 13.5. The van der Waals surface area contributed by atoms with Crippen LogP contribution in [0, 0.1) is 16.0 Å². The van der Waals surface area contributed by atoms with Gasteiger partial charge in [-0.1, -0.05) is 31.5 Å². The Labute approximate surface area is 218 Å². The highest BCUT2D eigenvalue weighted by Gasteiger charge is 2.26. The van der Waals surface area contributed by atoms with Gasteiger partial charge in [-0.15, -0.1) is 0 Å². The molecule has 10 nitrogen and oxygen atoms in total. The maximum atomic E-state index is 13.1. The molecule has 1 N–H and O–H groups in total. The maximum absolute atomic E-state index is 13.1. The minimum absolute atomic E-state index is 0.0154. The number of ether oxygens (including phenoxy) is 1. The molecular weight excluding hydrogens is 500 g/mol. The van der Waals surface area contributed by atoms with Crippen molar-refractivity contribution in [3.8, 4) is 17.1 Å². The van der Waals surface area contributed by atoms with E-state index in [1.165, 1.54) is 31.4 Å². The van der Waals surface area contributed by atoms with Gasteiger partial charge in [0, 0.05) is 32.1 Å². The molecule has 37 heavy (non-hydrogen) atoms. The highest BCUT2D eigenvalue weighted by Crippen LogP contribution is 2.36. The minimum atomic E-state index is -0.535. The number of carbonyl (C=O) groups is 2. The third-order valence-electron chi connectivity index (χ3n) is 6.13. The molecule has 11 heteroatoms. The summed E-state index contributed by atoms with van der Waals surface area (Å²) in [5.41, 5.74) is 1.18. The number of nitrogens with zero attached hydrogens (tertiary/aromatic N) is 3. The lowest BCUT2D eigenvalue weighted by atomic mass is 10.1. The number of anilines is 2. The number of nitro benzene ring substituents is 1. The molecule has 1 aliphatic heterocycles. The number of piperazine rings is 1. The average molecular weight is 527 g/mol. The molecule has 1 fully saturated rings. The van der Waals surface area contributed by atoms with Gasteiger partial charge in [0.1, 0.15) is 11.5 Å². The van der Waals surface area contributed by atoms with Crippen LogP contribution < -0.4 is 15.0 Å². The number of methoxy groups -OCH3 is 1. The van der Waals surface area contributed by atoms with E-state index in [4.69, 9.17) is 20.8 Å². The summed E-state index contributed by atoms with van der Waals surface area (Å²) in [4.78, 5) is 40.3. The number of furan rings is 1. The van der Waals surface area contributed by atoms with Crippen molar-refractivity contribution in [2.24, 2.45) is 5.92 Å². The molecule has 194 valence electrons. The molecule has 1 saturated heterocycles. The molecule has 0 radical (unpaired) electrons. The van der Waals surface area contributed by atoms with E-state index in [0.717, 1.165) is 0 Å². The first-order valence-corrected chi connectivity index (χ1v) is 12.1. The second-order valence-electron chi connectivity index (χ2n) is 8.86. The molecule has 4 rings (SSSR count). The second-order valence-corrected chi connectivity index (χ2v) is 9.27. The summed E-state index contributed by atoms with van der Waals surface area (Å²) in [6, 6.07) is 12.6. The molecule has 0 saturated carbocycles. The van der Waals surface area contributed by atoms with Gasteiger partial charge in [0.05, 0.1) is 40.1 Å². The molecule has 0 unspecified atom stereocenters. The van der Waals surface area contributed by atoms with E-state index in [1.807, 2.05) is 23.6 Å². The van der Waals surface area contributed by atoms with Crippen LogP contribution in [0.5, 0.6) is 5.75 Å². The first kappa shape index (κ1) is 26.0. The van der Waals surface area contributed by atoms with E-state index in [0.29, 0.717) is 48.3 Å². The summed E-state index contributed by atoms with van der Waals surface area (Å²) in [6.07, 6.45) is 0. The largest absolute Gasteiger partial charge is 0.497 e. The summed E-state index contributed by atoms with van der Waals surface area (Å²) in [6.45, 7) is 6.00. The number of nitrogens with one attached hydrogen (secondary N) is 1. The van der Waals surface area contributed by atoms with Crippen LogP contribution in [0.4, 0.5) is 17.1 Å². The summed E-state index contributed by atoms with van der Waals surface area (Å²) < 4.78 is 10.8. The summed E-state index contributed by atoms with van der Waals surface area (Å²) in [7, 11) is 1.42. The molecular formula is C26H27ClN4O6. The monoisotopic (exact) mass is 526 g/mol. The Bertz CT molecular complexity index is 1330. The van der Waals surface area contributed by atoms with Crippen LogP contribution >= 0.6 is 11.6 Å². The van der Waals surface area contributed by atoms with Crippen LogP contribution in [0.15, 0.2) is 52.9 Å². The fourth-order valence-electron chi connectivity index (χ4n) is 4.24. The van der Waals surface area contributed by atoms with Crippen LogP contribution in [-0.2, 0) is 4.79 Å². The fourth-order valence-corrected chi connectivity index (χ4v) is 4.53. The first-order chi connectivity index (χ1) is 17.7. The second kappa shape index (κ2) is 10.9. The van der Waals surface area contributed by atoms with Crippen molar-refractivity contribution < 1.29 is 23.7 Å². The number of nitro groups is 1. The highest BCUT2D eigenvalue weighted by atomic mass is 35.5. The van der Waals surface area contributed by atoms with Crippen LogP contribution in [0.2, 0.25) is 5.02 Å². The number of halogens is 1. The smallest absolute Gasteiger partial charge is 0.291 e. The van der Waals surface area contributed by atoms with Crippen molar-refractivity contribution in [2.75, 3.05) is 43.5 Å². The standard InChI is InChI=1S/C26H27ClN4O6/c1-16(2)26(33)30-13-11-29(12-14-30)24-19(27)5-4-6-20(24)28-25(32)23-10-9-22(37-23)18-8-7-17(36-3)15-21(18)31(34)35/h4-10,15-16H,11-14H2,1-3H3,(H,28,32). The Morgan fingerprint density at radius 1 is 1.11 bits per heavy atom. The van der Waals surface area contributed by atoms with Gasteiger partial charge in [-0.05, 0) is 36.4 Å². The van der Waals surface area contributed by atoms with Crippen LogP contribution in [-0.4, -0.2) is 54.9 Å². The quantitative estimate of drug-likeness (QED) is 0.337. The van der Waals surface area contributed by atoms with Crippen LogP contribution in [0.1, 0.15) is 24.4 Å². The zero-order valence-corrected chi connectivity index (χ0v) is 21.4. The Morgan fingerprint density at radius 3 is 2.49 bits per heavy atom. The predicted molar refractivity (Wildman–Crippen MR) is 140 cm³/mol. The summed E-state index contributed by atoms with van der Waals surface area (Å²) >= 11 is 6.53. The van der Waals surface area contributed by atoms with Gasteiger partial charge >= 0.3 is 0 Å². The van der Waals surface area contributed by atoms with E-state index < -0.39 is 10.8 Å². The van der Waals surface area contributed by atoms with Gasteiger partial charge in [0.25, 0.3) is 11.6 Å². The molecule has 0 atom stereocenters. The third kappa shape index (κ3) is 5.54. The number of para-hydroxylation sites is 1. The van der Waals surface area contributed by atoms with E-state index in [-0.39, 0.29) is 34.6 Å². The predicted octanol–water partition coefficient (Wildman–Crippen LogP) is 5.07. The van der Waals surface area contributed by atoms with Crippen molar-refractivity contribution in [1.82, 2.24) is 4.90 Å². The Hall–Kier alpha value is -4.05. The van der Waals surface area contributed by atoms with Crippen molar-refractivity contribution in [3.05, 3.63) is 69.4 Å². The molecule has 0 spiro atoms. The topological polar surface area (TPSA) is 118 Å². The van der Waals surface area contributed by atoms with Crippen molar-refractivity contribution >= 4 is 40.5 Å². The fraction of sp³-hybridized carbons (Fsp3) is 0.308. The molecule has 2 aromatic carbocycles. The van der Waals surface area contributed by atoms with E-state index >= 15 is 0 Å².